The molecular formula is C15H14F3N5O3. The van der Waals surface area contributed by atoms with Crippen LogP contribution in [0.4, 0.5) is 23.7 Å². The maximum atomic E-state index is 13.2. The summed E-state index contributed by atoms with van der Waals surface area (Å²) in [6.45, 7) is 1.93. The number of hydrogen-bond acceptors (Lipinski definition) is 5. The molecule has 0 saturated heterocycles. The molecule has 0 bridgehead atoms. The second kappa shape index (κ2) is 7.02. The molecule has 11 heteroatoms. The van der Waals surface area contributed by atoms with Gasteiger partial charge in [0, 0.05) is 31.3 Å². The van der Waals surface area contributed by atoms with Crippen LogP contribution in [0.1, 0.15) is 18.3 Å². The van der Waals surface area contributed by atoms with Crippen LogP contribution in [0, 0.1) is 17.5 Å². The van der Waals surface area contributed by atoms with Crippen LogP contribution < -0.4 is 5.32 Å². The van der Waals surface area contributed by atoms with Crippen LogP contribution in [0.5, 0.6) is 0 Å². The Bertz CT molecular complexity index is 847. The van der Waals surface area contributed by atoms with Gasteiger partial charge >= 0.3 is 12.0 Å². The van der Waals surface area contributed by atoms with Gasteiger partial charge in [-0.05, 0) is 0 Å². The lowest BCUT2D eigenvalue weighted by atomic mass is 10.2. The predicted octanol–water partition coefficient (Wildman–Crippen LogP) is 1.81. The van der Waals surface area contributed by atoms with Gasteiger partial charge in [-0.25, -0.2) is 22.6 Å². The quantitative estimate of drug-likeness (QED) is 0.658. The van der Waals surface area contributed by atoms with Crippen molar-refractivity contribution in [2.75, 3.05) is 11.9 Å². The summed E-state index contributed by atoms with van der Waals surface area (Å²) in [7, 11) is 0. The second-order valence-electron chi connectivity index (χ2n) is 5.59. The van der Waals surface area contributed by atoms with Crippen LogP contribution in [0.2, 0.25) is 0 Å². The summed E-state index contributed by atoms with van der Waals surface area (Å²) < 4.78 is 46.0. The van der Waals surface area contributed by atoms with Crippen molar-refractivity contribution in [1.29, 1.82) is 0 Å². The summed E-state index contributed by atoms with van der Waals surface area (Å²) in [6.07, 6.45) is 0. The molecular weight excluding hydrogens is 355 g/mol. The molecule has 2 aromatic rings. The largest absolute Gasteiger partial charge is 0.459 e. The SMILES string of the molecule is CC(=O)OCc1nnn2c1CN(C(=O)Nc1cc(F)c(F)c(F)c1)CC2. The van der Waals surface area contributed by atoms with E-state index in [1.807, 2.05) is 0 Å². The second-order valence-corrected chi connectivity index (χ2v) is 5.59. The zero-order chi connectivity index (χ0) is 18.8. The third-order valence-electron chi connectivity index (χ3n) is 3.77. The lowest BCUT2D eigenvalue weighted by Crippen LogP contribution is -2.41. The van der Waals surface area contributed by atoms with Crippen molar-refractivity contribution in [3.8, 4) is 0 Å². The highest BCUT2D eigenvalue weighted by molar-refractivity contribution is 5.89. The Labute approximate surface area is 145 Å². The van der Waals surface area contributed by atoms with Crippen molar-refractivity contribution < 1.29 is 27.5 Å². The summed E-state index contributed by atoms with van der Waals surface area (Å²) in [5.41, 5.74) is 0.796. The fourth-order valence-corrected chi connectivity index (χ4v) is 2.48. The van der Waals surface area contributed by atoms with E-state index in [0.717, 1.165) is 0 Å². The fourth-order valence-electron chi connectivity index (χ4n) is 2.48. The molecule has 0 unspecified atom stereocenters. The Morgan fingerprint density at radius 3 is 2.58 bits per heavy atom. The maximum absolute atomic E-state index is 13.2. The van der Waals surface area contributed by atoms with E-state index >= 15 is 0 Å². The molecule has 0 fully saturated rings. The van der Waals surface area contributed by atoms with E-state index in [4.69, 9.17) is 4.74 Å². The maximum Gasteiger partial charge on any atom is 0.322 e. The lowest BCUT2D eigenvalue weighted by molar-refractivity contribution is -0.142. The number of benzene rings is 1. The zero-order valence-electron chi connectivity index (χ0n) is 13.6. The van der Waals surface area contributed by atoms with Gasteiger partial charge in [0.25, 0.3) is 0 Å². The standard InChI is InChI=1S/C15H14F3N5O3/c1-8(24)26-7-12-13-6-22(2-3-23(13)21-20-12)15(25)19-9-4-10(16)14(18)11(17)5-9/h4-5H,2-3,6-7H2,1H3,(H,19,25). The van der Waals surface area contributed by atoms with E-state index in [1.54, 1.807) is 4.68 Å². The number of aromatic nitrogens is 3. The molecule has 26 heavy (non-hydrogen) atoms. The molecule has 1 aromatic carbocycles. The summed E-state index contributed by atoms with van der Waals surface area (Å²) in [6, 6.07) is 0.762. The number of nitrogens with zero attached hydrogens (tertiary/aromatic N) is 4. The fraction of sp³-hybridized carbons (Fsp3) is 0.333. The number of esters is 1. The van der Waals surface area contributed by atoms with E-state index in [0.29, 0.717) is 30.1 Å². The topological polar surface area (TPSA) is 89.3 Å². The molecule has 1 N–H and O–H groups in total. The number of anilines is 1. The monoisotopic (exact) mass is 369 g/mol. The number of nitrogens with one attached hydrogen (secondary N) is 1. The Morgan fingerprint density at radius 2 is 1.92 bits per heavy atom. The predicted molar refractivity (Wildman–Crippen MR) is 81.2 cm³/mol. The highest BCUT2D eigenvalue weighted by Gasteiger charge is 2.26. The van der Waals surface area contributed by atoms with Crippen molar-refractivity contribution in [2.24, 2.45) is 0 Å². The number of fused-ring (bicyclic) bond motifs is 1. The van der Waals surface area contributed by atoms with Crippen molar-refractivity contribution >= 4 is 17.7 Å². The van der Waals surface area contributed by atoms with Gasteiger partial charge in [-0.1, -0.05) is 5.21 Å². The van der Waals surface area contributed by atoms with Crippen LogP contribution in [-0.2, 0) is 29.2 Å². The molecule has 3 rings (SSSR count). The molecule has 2 amide bonds. The van der Waals surface area contributed by atoms with Crippen LogP contribution in [0.15, 0.2) is 12.1 Å². The Hall–Kier alpha value is -3.11. The minimum Gasteiger partial charge on any atom is -0.459 e. The van der Waals surface area contributed by atoms with Gasteiger partial charge in [0.1, 0.15) is 12.3 Å². The molecule has 0 spiro atoms. The zero-order valence-corrected chi connectivity index (χ0v) is 13.6. The first-order chi connectivity index (χ1) is 12.3. The third-order valence-corrected chi connectivity index (χ3v) is 3.77. The van der Waals surface area contributed by atoms with Gasteiger partial charge in [-0.15, -0.1) is 5.10 Å². The Morgan fingerprint density at radius 1 is 1.23 bits per heavy atom. The highest BCUT2D eigenvalue weighted by Crippen LogP contribution is 2.20. The summed E-state index contributed by atoms with van der Waals surface area (Å²) in [4.78, 5) is 24.6. The molecule has 1 aliphatic heterocycles. The normalized spacial score (nSPS) is 13.3. The third kappa shape index (κ3) is 3.60. The number of hydrogen-bond donors (Lipinski definition) is 1. The van der Waals surface area contributed by atoms with E-state index < -0.39 is 29.5 Å². The minimum atomic E-state index is -1.61. The molecule has 0 aliphatic carbocycles. The molecule has 2 heterocycles. The Balaban J connectivity index is 1.71. The van der Waals surface area contributed by atoms with Crippen LogP contribution in [-0.4, -0.2) is 38.4 Å². The molecule has 138 valence electrons. The summed E-state index contributed by atoms with van der Waals surface area (Å²) >= 11 is 0. The highest BCUT2D eigenvalue weighted by atomic mass is 19.2. The summed E-state index contributed by atoms with van der Waals surface area (Å²) in [5, 5.41) is 10.2. The smallest absolute Gasteiger partial charge is 0.322 e. The molecule has 0 saturated carbocycles. The number of carbonyl (C=O) groups excluding carboxylic acids is 2. The van der Waals surface area contributed by atoms with Crippen molar-refractivity contribution in [3.05, 3.63) is 41.0 Å². The number of rotatable bonds is 3. The van der Waals surface area contributed by atoms with Crippen LogP contribution in [0.25, 0.3) is 0 Å². The molecule has 1 aromatic heterocycles. The number of halogens is 3. The van der Waals surface area contributed by atoms with Crippen molar-refractivity contribution in [2.45, 2.75) is 26.6 Å². The van der Waals surface area contributed by atoms with Gasteiger partial charge in [0.2, 0.25) is 0 Å². The van der Waals surface area contributed by atoms with Crippen LogP contribution >= 0.6 is 0 Å². The lowest BCUT2D eigenvalue weighted by Gasteiger charge is -2.27. The van der Waals surface area contributed by atoms with Gasteiger partial charge in [0.15, 0.2) is 17.5 Å². The average Bonchev–Trinajstić information content (AvgIpc) is 3.00. The van der Waals surface area contributed by atoms with E-state index in [1.165, 1.54) is 11.8 Å². The van der Waals surface area contributed by atoms with Gasteiger partial charge in [0.05, 0.1) is 18.8 Å². The van der Waals surface area contributed by atoms with Gasteiger partial charge < -0.3 is 15.0 Å². The first kappa shape index (κ1) is 17.7. The number of carbonyl (C=O) groups is 2. The number of ether oxygens (including phenoxy) is 1. The van der Waals surface area contributed by atoms with Crippen molar-refractivity contribution in [1.82, 2.24) is 19.9 Å². The Kier molecular flexibility index (Phi) is 4.78. The van der Waals surface area contributed by atoms with E-state index in [-0.39, 0.29) is 25.4 Å². The van der Waals surface area contributed by atoms with Gasteiger partial charge in [-0.3, -0.25) is 4.79 Å². The first-order valence-corrected chi connectivity index (χ1v) is 7.60. The summed E-state index contributed by atoms with van der Waals surface area (Å²) in [5.74, 6) is -4.88. The van der Waals surface area contributed by atoms with E-state index in [9.17, 15) is 22.8 Å². The van der Waals surface area contributed by atoms with Gasteiger partial charge in [-0.2, -0.15) is 0 Å². The number of urea groups is 1. The number of amides is 2. The van der Waals surface area contributed by atoms with Crippen molar-refractivity contribution in [3.63, 3.8) is 0 Å². The molecule has 0 radical (unpaired) electrons. The average molecular weight is 369 g/mol. The van der Waals surface area contributed by atoms with E-state index in [2.05, 4.69) is 15.6 Å². The molecule has 0 atom stereocenters. The van der Waals surface area contributed by atoms with Crippen LogP contribution in [0.3, 0.4) is 0 Å². The minimum absolute atomic E-state index is 0.0749. The molecule has 1 aliphatic rings. The first-order valence-electron chi connectivity index (χ1n) is 7.60. The molecule has 8 nitrogen and oxygen atoms in total.